The van der Waals surface area contributed by atoms with E-state index in [1.807, 2.05) is 32.0 Å². The number of benzene rings is 1. The number of ether oxygens (including phenoxy) is 1. The van der Waals surface area contributed by atoms with Crippen LogP contribution in [0.3, 0.4) is 0 Å². The van der Waals surface area contributed by atoms with Crippen molar-refractivity contribution in [2.45, 2.75) is 19.9 Å². The first-order valence-electron chi connectivity index (χ1n) is 6.50. The number of carbonyl (C=O) groups is 2. The second-order valence-electron chi connectivity index (χ2n) is 4.62. The number of amides is 2. The minimum Gasteiger partial charge on any atom is -0.382 e. The predicted octanol–water partition coefficient (Wildman–Crippen LogP) is 0.739. The molecule has 0 aliphatic heterocycles. The molecule has 0 heterocycles. The number of rotatable bonds is 8. The van der Waals surface area contributed by atoms with Crippen LogP contribution in [0.5, 0.6) is 0 Å². The molecule has 4 N–H and O–H groups in total. The van der Waals surface area contributed by atoms with E-state index in [9.17, 15) is 9.59 Å². The quantitative estimate of drug-likeness (QED) is 0.612. The Morgan fingerprint density at radius 3 is 2.65 bits per heavy atom. The van der Waals surface area contributed by atoms with E-state index < -0.39 is 5.91 Å². The van der Waals surface area contributed by atoms with Gasteiger partial charge in [-0.05, 0) is 26.0 Å². The summed E-state index contributed by atoms with van der Waals surface area (Å²) >= 11 is 0. The van der Waals surface area contributed by atoms with Crippen LogP contribution in [0.4, 0.5) is 5.69 Å². The highest BCUT2D eigenvalue weighted by Gasteiger charge is 2.10. The lowest BCUT2D eigenvalue weighted by Crippen LogP contribution is -2.29. The molecule has 20 heavy (non-hydrogen) atoms. The Kier molecular flexibility index (Phi) is 6.52. The third kappa shape index (κ3) is 5.71. The van der Waals surface area contributed by atoms with E-state index >= 15 is 0 Å². The van der Waals surface area contributed by atoms with Crippen molar-refractivity contribution in [3.63, 3.8) is 0 Å². The minimum atomic E-state index is -0.525. The first-order chi connectivity index (χ1) is 9.50. The van der Waals surface area contributed by atoms with Crippen LogP contribution in [0.25, 0.3) is 0 Å². The zero-order valence-electron chi connectivity index (χ0n) is 11.8. The predicted molar refractivity (Wildman–Crippen MR) is 77.5 cm³/mol. The summed E-state index contributed by atoms with van der Waals surface area (Å²) in [4.78, 5) is 22.5. The van der Waals surface area contributed by atoms with Crippen LogP contribution in [-0.4, -0.2) is 37.6 Å². The van der Waals surface area contributed by atoms with Crippen molar-refractivity contribution >= 4 is 17.5 Å². The molecule has 0 radical (unpaired) electrons. The van der Waals surface area contributed by atoms with Crippen molar-refractivity contribution in [1.82, 2.24) is 5.32 Å². The largest absolute Gasteiger partial charge is 0.382 e. The molecule has 1 aromatic carbocycles. The molecule has 0 fully saturated rings. The smallest absolute Gasteiger partial charge is 0.253 e. The summed E-state index contributed by atoms with van der Waals surface area (Å²) in [5.74, 6) is -0.709. The van der Waals surface area contributed by atoms with Crippen molar-refractivity contribution in [2.75, 3.05) is 25.1 Å². The molecule has 0 saturated heterocycles. The highest BCUT2D eigenvalue weighted by Crippen LogP contribution is 2.15. The van der Waals surface area contributed by atoms with Gasteiger partial charge in [-0.15, -0.1) is 0 Å². The molecule has 0 aromatic heterocycles. The van der Waals surface area contributed by atoms with Gasteiger partial charge in [-0.25, -0.2) is 0 Å². The second kappa shape index (κ2) is 8.16. The van der Waals surface area contributed by atoms with Gasteiger partial charge in [0.15, 0.2) is 0 Å². The Bertz CT molecular complexity index is 461. The number of carbonyl (C=O) groups excluding carboxylic acids is 2. The zero-order chi connectivity index (χ0) is 15.0. The number of nitrogens with one attached hydrogen (secondary N) is 2. The van der Waals surface area contributed by atoms with E-state index in [0.717, 1.165) is 5.69 Å². The van der Waals surface area contributed by atoms with E-state index in [-0.39, 0.29) is 25.2 Å². The van der Waals surface area contributed by atoms with Gasteiger partial charge in [-0.2, -0.15) is 0 Å². The van der Waals surface area contributed by atoms with E-state index in [1.54, 1.807) is 6.07 Å². The minimum absolute atomic E-state index is 0.138. The van der Waals surface area contributed by atoms with Crippen molar-refractivity contribution in [3.05, 3.63) is 29.8 Å². The van der Waals surface area contributed by atoms with Gasteiger partial charge in [0.25, 0.3) is 5.91 Å². The maximum Gasteiger partial charge on any atom is 0.253 e. The van der Waals surface area contributed by atoms with Crippen molar-refractivity contribution in [1.29, 1.82) is 0 Å². The molecule has 110 valence electrons. The fourth-order valence-electron chi connectivity index (χ4n) is 1.62. The average Bonchev–Trinajstić information content (AvgIpc) is 2.37. The molecule has 0 aliphatic rings. The SMILES string of the molecule is CC(C)Nc1ccccc1C(=O)NCCOCC(N)=O. The topological polar surface area (TPSA) is 93.4 Å². The van der Waals surface area contributed by atoms with E-state index in [2.05, 4.69) is 10.6 Å². The maximum absolute atomic E-state index is 12.0. The Labute approximate surface area is 118 Å². The molecule has 1 aromatic rings. The van der Waals surface area contributed by atoms with Gasteiger partial charge in [-0.3, -0.25) is 9.59 Å². The summed E-state index contributed by atoms with van der Waals surface area (Å²) in [6.07, 6.45) is 0. The summed E-state index contributed by atoms with van der Waals surface area (Å²) < 4.78 is 4.97. The lowest BCUT2D eigenvalue weighted by atomic mass is 10.1. The molecule has 2 amide bonds. The van der Waals surface area contributed by atoms with Crippen LogP contribution in [-0.2, 0) is 9.53 Å². The molecule has 1 rings (SSSR count). The molecular weight excluding hydrogens is 258 g/mol. The third-order valence-corrected chi connectivity index (χ3v) is 2.39. The highest BCUT2D eigenvalue weighted by molar-refractivity contribution is 5.99. The van der Waals surface area contributed by atoms with E-state index in [0.29, 0.717) is 12.1 Å². The average molecular weight is 279 g/mol. The molecule has 6 heteroatoms. The Morgan fingerprint density at radius 2 is 2.00 bits per heavy atom. The van der Waals surface area contributed by atoms with Crippen LogP contribution < -0.4 is 16.4 Å². The fourth-order valence-corrected chi connectivity index (χ4v) is 1.62. The summed E-state index contributed by atoms with van der Waals surface area (Å²) in [7, 11) is 0. The highest BCUT2D eigenvalue weighted by atomic mass is 16.5. The summed E-state index contributed by atoms with van der Waals surface area (Å²) in [6, 6.07) is 7.53. The molecule has 0 bridgehead atoms. The monoisotopic (exact) mass is 279 g/mol. The molecule has 6 nitrogen and oxygen atoms in total. The standard InChI is InChI=1S/C14H21N3O3/c1-10(2)17-12-6-4-3-5-11(12)14(19)16-7-8-20-9-13(15)18/h3-6,10,17H,7-9H2,1-2H3,(H2,15,18)(H,16,19). The van der Waals surface area contributed by atoms with E-state index in [4.69, 9.17) is 10.5 Å². The van der Waals surface area contributed by atoms with Gasteiger partial charge in [0.2, 0.25) is 5.91 Å². The van der Waals surface area contributed by atoms with Gasteiger partial charge in [0.1, 0.15) is 6.61 Å². The third-order valence-electron chi connectivity index (χ3n) is 2.39. The summed E-state index contributed by atoms with van der Waals surface area (Å²) in [5, 5.41) is 5.95. The fraction of sp³-hybridized carbons (Fsp3) is 0.429. The number of hydrogen-bond donors (Lipinski definition) is 3. The molecule has 0 unspecified atom stereocenters. The van der Waals surface area contributed by atoms with Crippen LogP contribution in [0.15, 0.2) is 24.3 Å². The maximum atomic E-state index is 12.0. The first kappa shape index (κ1) is 16.0. The molecule has 0 spiro atoms. The van der Waals surface area contributed by atoms with Crippen molar-refractivity contribution in [3.8, 4) is 0 Å². The molecule has 0 aliphatic carbocycles. The van der Waals surface area contributed by atoms with Gasteiger partial charge in [0, 0.05) is 18.3 Å². The molecule has 0 atom stereocenters. The van der Waals surface area contributed by atoms with Crippen molar-refractivity contribution < 1.29 is 14.3 Å². The second-order valence-corrected chi connectivity index (χ2v) is 4.62. The van der Waals surface area contributed by atoms with Gasteiger partial charge < -0.3 is 21.1 Å². The Balaban J connectivity index is 2.48. The van der Waals surface area contributed by atoms with E-state index in [1.165, 1.54) is 0 Å². The molecular formula is C14H21N3O3. The number of primary amides is 1. The normalized spacial score (nSPS) is 10.3. The van der Waals surface area contributed by atoms with Gasteiger partial charge in [0.05, 0.1) is 12.2 Å². The van der Waals surface area contributed by atoms with Gasteiger partial charge >= 0.3 is 0 Å². The van der Waals surface area contributed by atoms with Crippen molar-refractivity contribution in [2.24, 2.45) is 5.73 Å². The lowest BCUT2D eigenvalue weighted by molar-refractivity contribution is -0.122. The zero-order valence-corrected chi connectivity index (χ0v) is 11.8. The number of para-hydroxylation sites is 1. The first-order valence-corrected chi connectivity index (χ1v) is 6.50. The Morgan fingerprint density at radius 1 is 1.30 bits per heavy atom. The Hall–Kier alpha value is -2.08. The lowest BCUT2D eigenvalue weighted by Gasteiger charge is -2.14. The van der Waals surface area contributed by atoms with Gasteiger partial charge in [-0.1, -0.05) is 12.1 Å². The number of nitrogens with two attached hydrogens (primary N) is 1. The van der Waals surface area contributed by atoms with Crippen LogP contribution in [0.1, 0.15) is 24.2 Å². The molecule has 0 saturated carbocycles. The van der Waals surface area contributed by atoms with Crippen LogP contribution >= 0.6 is 0 Å². The summed E-state index contributed by atoms with van der Waals surface area (Å²) in [5.41, 5.74) is 6.30. The van der Waals surface area contributed by atoms with Crippen LogP contribution in [0, 0.1) is 0 Å². The number of hydrogen-bond acceptors (Lipinski definition) is 4. The number of anilines is 1. The summed E-state index contributed by atoms with van der Waals surface area (Å²) in [6.45, 7) is 4.44. The van der Waals surface area contributed by atoms with Crippen LogP contribution in [0.2, 0.25) is 0 Å².